The van der Waals surface area contributed by atoms with Crippen molar-refractivity contribution < 1.29 is 4.39 Å². The summed E-state index contributed by atoms with van der Waals surface area (Å²) in [6.45, 7) is 4.05. The zero-order valence-corrected chi connectivity index (χ0v) is 10.0. The van der Waals surface area contributed by atoms with Gasteiger partial charge in [0, 0.05) is 5.69 Å². The van der Waals surface area contributed by atoms with Crippen LogP contribution in [0.5, 0.6) is 0 Å². The first-order valence-electron chi connectivity index (χ1n) is 5.62. The van der Waals surface area contributed by atoms with E-state index in [0.717, 1.165) is 29.8 Å². The summed E-state index contributed by atoms with van der Waals surface area (Å²) in [7, 11) is 0. The molecule has 1 aromatic carbocycles. The molecule has 0 amide bonds. The van der Waals surface area contributed by atoms with Gasteiger partial charge in [-0.3, -0.25) is 5.10 Å². The third-order valence-electron chi connectivity index (χ3n) is 3.06. The normalized spacial score (nSPS) is 10.8. The van der Waals surface area contributed by atoms with Gasteiger partial charge in [-0.1, -0.05) is 6.07 Å². The van der Waals surface area contributed by atoms with Gasteiger partial charge in [0.15, 0.2) is 0 Å². The molecule has 0 aliphatic carbocycles. The summed E-state index contributed by atoms with van der Waals surface area (Å²) in [6, 6.07) is 4.86. The number of hydrogen-bond donors (Lipinski definition) is 2. The lowest BCUT2D eigenvalue weighted by Crippen LogP contribution is -1.97. The fourth-order valence-electron chi connectivity index (χ4n) is 1.79. The van der Waals surface area contributed by atoms with Crippen LogP contribution in [0, 0.1) is 19.7 Å². The number of hydrogen-bond acceptors (Lipinski definition) is 2. The first kappa shape index (κ1) is 11.6. The van der Waals surface area contributed by atoms with Crippen LogP contribution in [0.1, 0.15) is 22.5 Å². The van der Waals surface area contributed by atoms with Gasteiger partial charge in [-0.15, -0.1) is 0 Å². The van der Waals surface area contributed by atoms with Gasteiger partial charge in [-0.25, -0.2) is 4.39 Å². The Hall–Kier alpha value is -1.84. The number of nitrogens with two attached hydrogens (primary N) is 1. The van der Waals surface area contributed by atoms with Crippen LogP contribution in [0.4, 0.5) is 10.1 Å². The van der Waals surface area contributed by atoms with Crippen molar-refractivity contribution in [1.29, 1.82) is 0 Å². The SMILES string of the molecule is Cc1[nH]nc(CCc2ccc(F)c(N)c2)c1C. The van der Waals surface area contributed by atoms with Crippen LogP contribution in [-0.2, 0) is 12.8 Å². The van der Waals surface area contributed by atoms with Gasteiger partial charge in [0.25, 0.3) is 0 Å². The van der Waals surface area contributed by atoms with Crippen LogP contribution in [0.25, 0.3) is 0 Å². The number of halogens is 1. The molecule has 17 heavy (non-hydrogen) atoms. The Bertz CT molecular complexity index is 531. The second-order valence-corrected chi connectivity index (χ2v) is 4.28. The summed E-state index contributed by atoms with van der Waals surface area (Å²) in [5, 5.41) is 7.20. The predicted molar refractivity (Wildman–Crippen MR) is 66.3 cm³/mol. The van der Waals surface area contributed by atoms with Crippen molar-refractivity contribution in [3.05, 3.63) is 46.5 Å². The van der Waals surface area contributed by atoms with E-state index in [2.05, 4.69) is 10.2 Å². The summed E-state index contributed by atoms with van der Waals surface area (Å²) in [4.78, 5) is 0. The number of nitrogen functional groups attached to an aromatic ring is 1. The van der Waals surface area contributed by atoms with Crippen molar-refractivity contribution in [3.63, 3.8) is 0 Å². The van der Waals surface area contributed by atoms with Gasteiger partial charge in [0.05, 0.1) is 11.4 Å². The van der Waals surface area contributed by atoms with Gasteiger partial charge in [0.1, 0.15) is 5.82 Å². The lowest BCUT2D eigenvalue weighted by atomic mass is 10.0. The summed E-state index contributed by atoms with van der Waals surface area (Å²) < 4.78 is 13.0. The maximum atomic E-state index is 13.0. The summed E-state index contributed by atoms with van der Waals surface area (Å²) in [6.07, 6.45) is 1.65. The Labute approximate surface area is 99.9 Å². The van der Waals surface area contributed by atoms with E-state index in [-0.39, 0.29) is 11.5 Å². The van der Waals surface area contributed by atoms with Crippen LogP contribution in [0.2, 0.25) is 0 Å². The molecule has 0 aliphatic heterocycles. The van der Waals surface area contributed by atoms with Gasteiger partial charge in [-0.2, -0.15) is 5.10 Å². The molecule has 0 saturated heterocycles. The molecule has 0 radical (unpaired) electrons. The maximum absolute atomic E-state index is 13.0. The number of rotatable bonds is 3. The Balaban J connectivity index is 2.07. The zero-order chi connectivity index (χ0) is 12.4. The van der Waals surface area contributed by atoms with Crippen LogP contribution in [0.3, 0.4) is 0 Å². The van der Waals surface area contributed by atoms with Gasteiger partial charge in [-0.05, 0) is 49.9 Å². The molecule has 0 aliphatic rings. The second kappa shape index (κ2) is 4.57. The Kier molecular flexibility index (Phi) is 3.13. The Morgan fingerprint density at radius 3 is 2.65 bits per heavy atom. The van der Waals surface area contributed by atoms with Crippen molar-refractivity contribution in [2.75, 3.05) is 5.73 Å². The van der Waals surface area contributed by atoms with Crippen LogP contribution in [-0.4, -0.2) is 10.2 Å². The molecule has 0 atom stereocenters. The van der Waals surface area contributed by atoms with E-state index in [1.165, 1.54) is 11.6 Å². The van der Waals surface area contributed by atoms with E-state index in [0.29, 0.717) is 0 Å². The van der Waals surface area contributed by atoms with E-state index < -0.39 is 0 Å². The monoisotopic (exact) mass is 233 g/mol. The zero-order valence-electron chi connectivity index (χ0n) is 10.0. The molecular formula is C13H16FN3. The number of nitrogens with zero attached hydrogens (tertiary/aromatic N) is 1. The third-order valence-corrected chi connectivity index (χ3v) is 3.06. The van der Waals surface area contributed by atoms with E-state index in [1.807, 2.05) is 13.8 Å². The second-order valence-electron chi connectivity index (χ2n) is 4.28. The Morgan fingerprint density at radius 1 is 1.29 bits per heavy atom. The molecule has 3 nitrogen and oxygen atoms in total. The Morgan fingerprint density at radius 2 is 2.06 bits per heavy atom. The number of aryl methyl sites for hydroxylation is 3. The maximum Gasteiger partial charge on any atom is 0.146 e. The minimum atomic E-state index is -0.361. The molecule has 4 heteroatoms. The topological polar surface area (TPSA) is 54.7 Å². The lowest BCUT2D eigenvalue weighted by Gasteiger charge is -2.03. The molecule has 1 heterocycles. The van der Waals surface area contributed by atoms with Crippen molar-refractivity contribution in [3.8, 4) is 0 Å². The highest BCUT2D eigenvalue weighted by Gasteiger charge is 2.06. The van der Waals surface area contributed by atoms with E-state index >= 15 is 0 Å². The van der Waals surface area contributed by atoms with Gasteiger partial charge >= 0.3 is 0 Å². The van der Waals surface area contributed by atoms with Gasteiger partial charge in [0.2, 0.25) is 0 Å². The van der Waals surface area contributed by atoms with Crippen molar-refractivity contribution >= 4 is 5.69 Å². The molecule has 0 spiro atoms. The number of benzene rings is 1. The predicted octanol–water partition coefficient (Wildman–Crippen LogP) is 2.53. The molecule has 0 unspecified atom stereocenters. The molecule has 2 aromatic rings. The first-order chi connectivity index (χ1) is 8.08. The largest absolute Gasteiger partial charge is 0.396 e. The van der Waals surface area contributed by atoms with E-state index in [4.69, 9.17) is 5.73 Å². The molecule has 0 saturated carbocycles. The van der Waals surface area contributed by atoms with Crippen LogP contribution in [0.15, 0.2) is 18.2 Å². The molecule has 3 N–H and O–H groups in total. The summed E-state index contributed by atoms with van der Waals surface area (Å²) >= 11 is 0. The summed E-state index contributed by atoms with van der Waals surface area (Å²) in [5.41, 5.74) is 10.1. The molecule has 1 aromatic heterocycles. The molecule has 2 rings (SSSR count). The number of aromatic amines is 1. The fourth-order valence-corrected chi connectivity index (χ4v) is 1.79. The number of aromatic nitrogens is 2. The highest BCUT2D eigenvalue weighted by atomic mass is 19.1. The third kappa shape index (κ3) is 2.46. The van der Waals surface area contributed by atoms with Crippen LogP contribution >= 0.6 is 0 Å². The van der Waals surface area contributed by atoms with Crippen molar-refractivity contribution in [2.45, 2.75) is 26.7 Å². The van der Waals surface area contributed by atoms with Crippen LogP contribution < -0.4 is 5.73 Å². The molecular weight excluding hydrogens is 217 g/mol. The van der Waals surface area contributed by atoms with E-state index in [9.17, 15) is 4.39 Å². The quantitative estimate of drug-likeness (QED) is 0.800. The standard InChI is InChI=1S/C13H16FN3/c1-8-9(2)16-17-13(8)6-4-10-3-5-11(14)12(15)7-10/h3,5,7H,4,6,15H2,1-2H3,(H,16,17). The molecule has 90 valence electrons. The van der Waals surface area contributed by atoms with Gasteiger partial charge < -0.3 is 5.73 Å². The molecule has 0 bridgehead atoms. The highest BCUT2D eigenvalue weighted by Crippen LogP contribution is 2.15. The highest BCUT2D eigenvalue weighted by molar-refractivity contribution is 5.42. The number of H-pyrrole nitrogens is 1. The minimum absolute atomic E-state index is 0.206. The lowest BCUT2D eigenvalue weighted by molar-refractivity contribution is 0.631. The smallest absolute Gasteiger partial charge is 0.146 e. The fraction of sp³-hybridized carbons (Fsp3) is 0.308. The summed E-state index contributed by atoms with van der Waals surface area (Å²) in [5.74, 6) is -0.361. The average Bonchev–Trinajstić information content (AvgIpc) is 2.62. The first-order valence-corrected chi connectivity index (χ1v) is 5.62. The number of nitrogens with one attached hydrogen (secondary N) is 1. The average molecular weight is 233 g/mol. The number of anilines is 1. The van der Waals surface area contributed by atoms with Crippen molar-refractivity contribution in [2.24, 2.45) is 0 Å². The van der Waals surface area contributed by atoms with E-state index in [1.54, 1.807) is 12.1 Å². The van der Waals surface area contributed by atoms with Crippen molar-refractivity contribution in [1.82, 2.24) is 10.2 Å². The molecule has 0 fully saturated rings. The minimum Gasteiger partial charge on any atom is -0.396 e.